The fourth-order valence-corrected chi connectivity index (χ4v) is 1.01. The second-order valence-corrected chi connectivity index (χ2v) is 2.53. The summed E-state index contributed by atoms with van der Waals surface area (Å²) in [5.41, 5.74) is -0.610. The third-order valence-corrected chi connectivity index (χ3v) is 1.68. The van der Waals surface area contributed by atoms with Crippen LogP contribution in [0.25, 0.3) is 0 Å². The van der Waals surface area contributed by atoms with Gasteiger partial charge in [0.2, 0.25) is 0 Å². The van der Waals surface area contributed by atoms with Gasteiger partial charge in [-0.05, 0) is 6.08 Å². The standard InChI is InChI=1S/C10H8F2O2/c1-3-9(13)10-7(11)4-6(14-2)5-8(10)12/h3-5H,1H2,2H3. The highest BCUT2D eigenvalue weighted by Gasteiger charge is 2.16. The van der Waals surface area contributed by atoms with Crippen molar-refractivity contribution >= 4 is 5.78 Å². The minimum absolute atomic E-state index is 0.0283. The normalized spacial score (nSPS) is 9.64. The molecule has 0 atom stereocenters. The molecule has 1 rings (SSSR count). The highest BCUT2D eigenvalue weighted by atomic mass is 19.1. The van der Waals surface area contributed by atoms with E-state index in [9.17, 15) is 13.6 Å². The average Bonchev–Trinajstić information content (AvgIpc) is 2.16. The van der Waals surface area contributed by atoms with Gasteiger partial charge in [0.15, 0.2) is 5.78 Å². The van der Waals surface area contributed by atoms with Crippen molar-refractivity contribution in [2.45, 2.75) is 0 Å². The summed E-state index contributed by atoms with van der Waals surface area (Å²) >= 11 is 0. The van der Waals surface area contributed by atoms with Crippen molar-refractivity contribution in [1.82, 2.24) is 0 Å². The van der Waals surface area contributed by atoms with Gasteiger partial charge in [-0.3, -0.25) is 4.79 Å². The second-order valence-electron chi connectivity index (χ2n) is 2.53. The van der Waals surface area contributed by atoms with Crippen LogP contribution >= 0.6 is 0 Å². The zero-order chi connectivity index (χ0) is 10.7. The molecule has 0 radical (unpaired) electrons. The summed E-state index contributed by atoms with van der Waals surface area (Å²) in [6, 6.07) is 1.89. The Bertz CT molecular complexity index is 363. The molecule has 0 saturated carbocycles. The van der Waals surface area contributed by atoms with E-state index in [2.05, 4.69) is 11.3 Å². The SMILES string of the molecule is C=CC(=O)c1c(F)cc(OC)cc1F. The maximum Gasteiger partial charge on any atom is 0.191 e. The number of halogens is 2. The van der Waals surface area contributed by atoms with Crippen LogP contribution in [-0.4, -0.2) is 12.9 Å². The number of benzene rings is 1. The van der Waals surface area contributed by atoms with Crippen LogP contribution in [-0.2, 0) is 0 Å². The van der Waals surface area contributed by atoms with Crippen LogP contribution in [0.4, 0.5) is 8.78 Å². The fraction of sp³-hybridized carbons (Fsp3) is 0.100. The number of hydrogen-bond acceptors (Lipinski definition) is 2. The first-order chi connectivity index (χ1) is 6.60. The van der Waals surface area contributed by atoms with Gasteiger partial charge in [-0.1, -0.05) is 6.58 Å². The molecule has 74 valence electrons. The number of allylic oxidation sites excluding steroid dienone is 1. The maximum atomic E-state index is 13.1. The van der Waals surface area contributed by atoms with Crippen LogP contribution in [0, 0.1) is 11.6 Å². The molecule has 0 saturated heterocycles. The summed E-state index contributed by atoms with van der Waals surface area (Å²) in [6.07, 6.45) is 0.855. The van der Waals surface area contributed by atoms with E-state index < -0.39 is 23.0 Å². The van der Waals surface area contributed by atoms with Gasteiger partial charge in [0.05, 0.1) is 12.7 Å². The lowest BCUT2D eigenvalue weighted by atomic mass is 10.1. The molecule has 0 aliphatic rings. The van der Waals surface area contributed by atoms with Gasteiger partial charge in [-0.2, -0.15) is 0 Å². The van der Waals surface area contributed by atoms with E-state index in [1.807, 2.05) is 0 Å². The monoisotopic (exact) mass is 198 g/mol. The lowest BCUT2D eigenvalue weighted by Gasteiger charge is -2.04. The van der Waals surface area contributed by atoms with Crippen LogP contribution < -0.4 is 4.74 Å². The van der Waals surface area contributed by atoms with Gasteiger partial charge in [-0.25, -0.2) is 8.78 Å². The number of rotatable bonds is 3. The largest absolute Gasteiger partial charge is 0.497 e. The molecule has 0 aliphatic carbocycles. The minimum Gasteiger partial charge on any atom is -0.497 e. The van der Waals surface area contributed by atoms with Gasteiger partial charge in [0.1, 0.15) is 17.4 Å². The van der Waals surface area contributed by atoms with Gasteiger partial charge in [-0.15, -0.1) is 0 Å². The first-order valence-corrected chi connectivity index (χ1v) is 3.80. The molecule has 1 aromatic carbocycles. The molecule has 2 nitrogen and oxygen atoms in total. The van der Waals surface area contributed by atoms with Gasteiger partial charge < -0.3 is 4.74 Å². The number of ether oxygens (including phenoxy) is 1. The maximum absolute atomic E-state index is 13.1. The average molecular weight is 198 g/mol. The fourth-order valence-electron chi connectivity index (χ4n) is 1.01. The molecule has 0 aromatic heterocycles. The lowest BCUT2D eigenvalue weighted by molar-refractivity contribution is 0.103. The predicted molar refractivity (Wildman–Crippen MR) is 47.4 cm³/mol. The van der Waals surface area contributed by atoms with Crippen LogP contribution in [0.15, 0.2) is 24.8 Å². The van der Waals surface area contributed by atoms with Crippen molar-refractivity contribution in [1.29, 1.82) is 0 Å². The van der Waals surface area contributed by atoms with Crippen LogP contribution in [0.5, 0.6) is 5.75 Å². The molecule has 0 amide bonds. The topological polar surface area (TPSA) is 26.3 Å². The molecule has 1 aromatic rings. The van der Waals surface area contributed by atoms with E-state index >= 15 is 0 Å². The smallest absolute Gasteiger partial charge is 0.191 e. The summed E-state index contributed by atoms with van der Waals surface area (Å²) in [5, 5.41) is 0. The first-order valence-electron chi connectivity index (χ1n) is 3.80. The Kier molecular flexibility index (Phi) is 2.96. The third-order valence-electron chi connectivity index (χ3n) is 1.68. The lowest BCUT2D eigenvalue weighted by Crippen LogP contribution is -2.03. The van der Waals surface area contributed by atoms with E-state index in [4.69, 9.17) is 0 Å². The second kappa shape index (κ2) is 4.00. The highest BCUT2D eigenvalue weighted by molar-refractivity contribution is 6.04. The van der Waals surface area contributed by atoms with E-state index in [0.29, 0.717) is 0 Å². The molecule has 0 unspecified atom stereocenters. The van der Waals surface area contributed by atoms with E-state index in [-0.39, 0.29) is 5.75 Å². The summed E-state index contributed by atoms with van der Waals surface area (Å²) in [7, 11) is 1.28. The first kappa shape index (κ1) is 10.4. The van der Waals surface area contributed by atoms with Crippen LogP contribution in [0.1, 0.15) is 10.4 Å². The van der Waals surface area contributed by atoms with E-state index in [1.54, 1.807) is 0 Å². The Labute approximate surface area is 79.8 Å². The zero-order valence-corrected chi connectivity index (χ0v) is 7.51. The van der Waals surface area contributed by atoms with Gasteiger partial charge in [0, 0.05) is 12.1 Å². The molecule has 0 N–H and O–H groups in total. The molecular formula is C10H8F2O2. The van der Waals surface area contributed by atoms with Crippen molar-refractivity contribution in [3.05, 3.63) is 42.0 Å². The van der Waals surface area contributed by atoms with Crippen molar-refractivity contribution in [3.8, 4) is 5.75 Å². The van der Waals surface area contributed by atoms with Crippen LogP contribution in [0.2, 0.25) is 0 Å². The number of hydrogen-bond donors (Lipinski definition) is 0. The highest BCUT2D eigenvalue weighted by Crippen LogP contribution is 2.20. The zero-order valence-electron chi connectivity index (χ0n) is 7.51. The van der Waals surface area contributed by atoms with Gasteiger partial charge >= 0.3 is 0 Å². The van der Waals surface area contributed by atoms with Crippen LogP contribution in [0.3, 0.4) is 0 Å². The summed E-state index contributed by atoms with van der Waals surface area (Å²) in [5.74, 6) is -2.67. The van der Waals surface area contributed by atoms with Crippen molar-refractivity contribution < 1.29 is 18.3 Å². The minimum atomic E-state index is -0.952. The number of carbonyl (C=O) groups is 1. The molecule has 0 heterocycles. The number of methoxy groups -OCH3 is 1. The van der Waals surface area contributed by atoms with Crippen molar-refractivity contribution in [2.24, 2.45) is 0 Å². The van der Waals surface area contributed by atoms with Gasteiger partial charge in [0.25, 0.3) is 0 Å². The molecule has 4 heteroatoms. The molecular weight excluding hydrogens is 190 g/mol. The Morgan fingerprint density at radius 1 is 1.43 bits per heavy atom. The summed E-state index contributed by atoms with van der Waals surface area (Å²) in [4.78, 5) is 11.0. The Morgan fingerprint density at radius 2 is 1.93 bits per heavy atom. The molecule has 0 fully saturated rings. The molecule has 0 bridgehead atoms. The predicted octanol–water partition coefficient (Wildman–Crippen LogP) is 2.34. The Balaban J connectivity index is 3.31. The van der Waals surface area contributed by atoms with E-state index in [1.165, 1.54) is 7.11 Å². The number of carbonyl (C=O) groups excluding carboxylic acids is 1. The molecule has 0 spiro atoms. The third kappa shape index (κ3) is 1.79. The Hall–Kier alpha value is -1.71. The molecule has 0 aliphatic heterocycles. The summed E-state index contributed by atoms with van der Waals surface area (Å²) < 4.78 is 30.9. The number of ketones is 1. The molecule has 14 heavy (non-hydrogen) atoms. The van der Waals surface area contributed by atoms with E-state index in [0.717, 1.165) is 18.2 Å². The quantitative estimate of drug-likeness (QED) is 0.550. The summed E-state index contributed by atoms with van der Waals surface area (Å²) in [6.45, 7) is 3.15. The van der Waals surface area contributed by atoms with Crippen molar-refractivity contribution in [3.63, 3.8) is 0 Å². The Morgan fingerprint density at radius 3 is 2.29 bits per heavy atom. The van der Waals surface area contributed by atoms with Crippen molar-refractivity contribution in [2.75, 3.05) is 7.11 Å².